The van der Waals surface area contributed by atoms with E-state index in [0.717, 1.165) is 11.3 Å². The van der Waals surface area contributed by atoms with Crippen LogP contribution in [0.4, 0.5) is 11.4 Å². The molecule has 0 aromatic heterocycles. The summed E-state index contributed by atoms with van der Waals surface area (Å²) in [6.45, 7) is 3.67. The molecule has 142 valence electrons. The van der Waals surface area contributed by atoms with Gasteiger partial charge < -0.3 is 15.4 Å². The molecule has 2 N–H and O–H groups in total. The third-order valence-corrected chi connectivity index (χ3v) is 4.15. The number of rotatable bonds is 6. The molecule has 28 heavy (non-hydrogen) atoms. The molecule has 0 aliphatic heterocycles. The first-order valence-corrected chi connectivity index (χ1v) is 9.02. The van der Waals surface area contributed by atoms with Gasteiger partial charge in [-0.05, 0) is 62.4 Å². The van der Waals surface area contributed by atoms with Crippen LogP contribution < -0.4 is 15.4 Å². The number of amides is 2. The number of aryl methyl sites for hydroxylation is 1. The van der Waals surface area contributed by atoms with Gasteiger partial charge in [0.15, 0.2) is 6.10 Å². The average molecular weight is 374 g/mol. The average Bonchev–Trinajstić information content (AvgIpc) is 2.71. The fourth-order valence-electron chi connectivity index (χ4n) is 2.55. The maximum absolute atomic E-state index is 12.3. The van der Waals surface area contributed by atoms with Crippen LogP contribution in [0.5, 0.6) is 5.75 Å². The first-order valence-electron chi connectivity index (χ1n) is 9.02. The van der Waals surface area contributed by atoms with E-state index in [1.165, 1.54) is 0 Å². The van der Waals surface area contributed by atoms with Crippen molar-refractivity contribution in [2.45, 2.75) is 20.0 Å². The standard InChI is InChI=1S/C23H22N2O3/c1-16-8-12-20(13-9-16)25-23(27)18-10-14-21(15-11-18)28-17(2)22(26)24-19-6-4-3-5-7-19/h3-15,17H,1-2H3,(H,24,26)(H,25,27)/t17-/m1/s1. The highest BCUT2D eigenvalue weighted by atomic mass is 16.5. The van der Waals surface area contributed by atoms with E-state index in [1.807, 2.05) is 61.5 Å². The number of hydrogen-bond donors (Lipinski definition) is 2. The zero-order chi connectivity index (χ0) is 19.9. The Balaban J connectivity index is 1.56. The van der Waals surface area contributed by atoms with Gasteiger partial charge in [-0.3, -0.25) is 9.59 Å². The van der Waals surface area contributed by atoms with E-state index < -0.39 is 6.10 Å². The smallest absolute Gasteiger partial charge is 0.265 e. The lowest BCUT2D eigenvalue weighted by molar-refractivity contribution is -0.122. The second kappa shape index (κ2) is 8.86. The number of para-hydroxylation sites is 1. The molecule has 3 aromatic carbocycles. The molecule has 0 saturated heterocycles. The lowest BCUT2D eigenvalue weighted by Gasteiger charge is -2.15. The maximum atomic E-state index is 12.3. The molecule has 0 aliphatic carbocycles. The second-order valence-electron chi connectivity index (χ2n) is 6.46. The summed E-state index contributed by atoms with van der Waals surface area (Å²) in [6.07, 6.45) is -0.674. The highest BCUT2D eigenvalue weighted by Gasteiger charge is 2.15. The Morgan fingerprint density at radius 2 is 1.39 bits per heavy atom. The van der Waals surface area contributed by atoms with Gasteiger partial charge in [0, 0.05) is 16.9 Å². The SMILES string of the molecule is Cc1ccc(NC(=O)c2ccc(O[C@H](C)C(=O)Nc3ccccc3)cc2)cc1. The first-order chi connectivity index (χ1) is 13.5. The number of carbonyl (C=O) groups excluding carboxylic acids is 2. The molecule has 2 amide bonds. The summed E-state index contributed by atoms with van der Waals surface area (Å²) in [6, 6.07) is 23.5. The largest absolute Gasteiger partial charge is 0.481 e. The Hall–Kier alpha value is -3.60. The topological polar surface area (TPSA) is 67.4 Å². The van der Waals surface area contributed by atoms with Crippen molar-refractivity contribution in [2.24, 2.45) is 0 Å². The summed E-state index contributed by atoms with van der Waals surface area (Å²) in [5.41, 5.74) is 3.09. The molecule has 5 heteroatoms. The molecule has 0 fully saturated rings. The molecule has 5 nitrogen and oxygen atoms in total. The van der Waals surface area contributed by atoms with Crippen molar-refractivity contribution >= 4 is 23.2 Å². The molecule has 0 heterocycles. The molecule has 0 aliphatic rings. The fourth-order valence-corrected chi connectivity index (χ4v) is 2.55. The summed E-state index contributed by atoms with van der Waals surface area (Å²) in [4.78, 5) is 24.5. The monoisotopic (exact) mass is 374 g/mol. The predicted molar refractivity (Wildman–Crippen MR) is 111 cm³/mol. The molecular formula is C23H22N2O3. The highest BCUT2D eigenvalue weighted by Crippen LogP contribution is 2.17. The van der Waals surface area contributed by atoms with Crippen LogP contribution in [0.3, 0.4) is 0 Å². The normalized spacial score (nSPS) is 11.4. The van der Waals surface area contributed by atoms with Crippen LogP contribution in [-0.2, 0) is 4.79 Å². The number of nitrogens with one attached hydrogen (secondary N) is 2. The summed E-state index contributed by atoms with van der Waals surface area (Å²) in [5.74, 6) is 0.0697. The highest BCUT2D eigenvalue weighted by molar-refractivity contribution is 6.04. The predicted octanol–water partition coefficient (Wildman–Crippen LogP) is 4.65. The molecule has 1 atom stereocenters. The maximum Gasteiger partial charge on any atom is 0.265 e. The molecule has 0 unspecified atom stereocenters. The van der Waals surface area contributed by atoms with E-state index in [-0.39, 0.29) is 11.8 Å². The zero-order valence-corrected chi connectivity index (χ0v) is 15.8. The summed E-state index contributed by atoms with van der Waals surface area (Å²) >= 11 is 0. The summed E-state index contributed by atoms with van der Waals surface area (Å²) in [7, 11) is 0. The van der Waals surface area contributed by atoms with Gasteiger partial charge in [-0.25, -0.2) is 0 Å². The van der Waals surface area contributed by atoms with Crippen LogP contribution in [0.25, 0.3) is 0 Å². The van der Waals surface area contributed by atoms with Crippen LogP contribution in [0, 0.1) is 6.92 Å². The zero-order valence-electron chi connectivity index (χ0n) is 15.8. The lowest BCUT2D eigenvalue weighted by atomic mass is 10.2. The van der Waals surface area contributed by atoms with Crippen molar-refractivity contribution in [3.05, 3.63) is 90.0 Å². The van der Waals surface area contributed by atoms with E-state index >= 15 is 0 Å². The Morgan fingerprint density at radius 1 is 0.786 bits per heavy atom. The molecular weight excluding hydrogens is 352 g/mol. The van der Waals surface area contributed by atoms with E-state index in [0.29, 0.717) is 17.0 Å². The molecule has 0 radical (unpaired) electrons. The van der Waals surface area contributed by atoms with E-state index in [1.54, 1.807) is 31.2 Å². The van der Waals surface area contributed by atoms with E-state index in [4.69, 9.17) is 4.74 Å². The van der Waals surface area contributed by atoms with Crippen LogP contribution in [0.2, 0.25) is 0 Å². The van der Waals surface area contributed by atoms with Crippen molar-refractivity contribution in [3.63, 3.8) is 0 Å². The minimum absolute atomic E-state index is 0.203. The number of hydrogen-bond acceptors (Lipinski definition) is 3. The second-order valence-corrected chi connectivity index (χ2v) is 6.46. The Morgan fingerprint density at radius 3 is 2.04 bits per heavy atom. The Labute approximate surface area is 164 Å². The molecule has 3 aromatic rings. The van der Waals surface area contributed by atoms with E-state index in [9.17, 15) is 9.59 Å². The van der Waals surface area contributed by atoms with Crippen molar-refractivity contribution in [2.75, 3.05) is 10.6 Å². The Bertz CT molecular complexity index is 936. The van der Waals surface area contributed by atoms with Crippen LogP contribution >= 0.6 is 0 Å². The number of benzene rings is 3. The van der Waals surface area contributed by atoms with Gasteiger partial charge in [0.2, 0.25) is 0 Å². The van der Waals surface area contributed by atoms with Crippen molar-refractivity contribution in [1.82, 2.24) is 0 Å². The fraction of sp³-hybridized carbons (Fsp3) is 0.130. The molecule has 3 rings (SSSR count). The van der Waals surface area contributed by atoms with Crippen molar-refractivity contribution in [1.29, 1.82) is 0 Å². The molecule has 0 bridgehead atoms. The van der Waals surface area contributed by atoms with Gasteiger partial charge in [-0.2, -0.15) is 0 Å². The van der Waals surface area contributed by atoms with Gasteiger partial charge in [-0.15, -0.1) is 0 Å². The third kappa shape index (κ3) is 5.20. The minimum Gasteiger partial charge on any atom is -0.481 e. The van der Waals surface area contributed by atoms with E-state index in [2.05, 4.69) is 10.6 Å². The third-order valence-electron chi connectivity index (χ3n) is 4.15. The van der Waals surface area contributed by atoms with Gasteiger partial charge in [0.05, 0.1) is 0 Å². The quantitative estimate of drug-likeness (QED) is 0.660. The summed E-state index contributed by atoms with van der Waals surface area (Å²) in [5, 5.41) is 5.64. The van der Waals surface area contributed by atoms with Crippen molar-refractivity contribution < 1.29 is 14.3 Å². The van der Waals surface area contributed by atoms with Gasteiger partial charge >= 0.3 is 0 Å². The van der Waals surface area contributed by atoms with Crippen LogP contribution in [0.15, 0.2) is 78.9 Å². The van der Waals surface area contributed by atoms with Gasteiger partial charge in [0.1, 0.15) is 5.75 Å². The number of anilines is 2. The lowest BCUT2D eigenvalue weighted by Crippen LogP contribution is -2.30. The summed E-state index contributed by atoms with van der Waals surface area (Å²) < 4.78 is 5.67. The van der Waals surface area contributed by atoms with Crippen molar-refractivity contribution in [3.8, 4) is 5.75 Å². The first kappa shape index (κ1) is 19.2. The molecule has 0 spiro atoms. The number of carbonyl (C=O) groups is 2. The van der Waals surface area contributed by atoms with Gasteiger partial charge in [0.25, 0.3) is 11.8 Å². The Kier molecular flexibility index (Phi) is 6.07. The minimum atomic E-state index is -0.674. The van der Waals surface area contributed by atoms with Gasteiger partial charge in [-0.1, -0.05) is 35.9 Å². The van der Waals surface area contributed by atoms with Crippen LogP contribution in [-0.4, -0.2) is 17.9 Å². The van der Waals surface area contributed by atoms with Crippen LogP contribution in [0.1, 0.15) is 22.8 Å². The molecule has 0 saturated carbocycles. The number of ether oxygens (including phenoxy) is 1.